The molecule has 114 valence electrons. The highest BCUT2D eigenvalue weighted by molar-refractivity contribution is 4.92. The van der Waals surface area contributed by atoms with Gasteiger partial charge in [0.1, 0.15) is 0 Å². The smallest absolute Gasteiger partial charge is 0.0593 e. The van der Waals surface area contributed by atoms with E-state index in [0.717, 1.165) is 32.1 Å². The number of hydrogen-bond acceptors (Lipinski definition) is 3. The minimum absolute atomic E-state index is 0.329. The predicted molar refractivity (Wildman–Crippen MR) is 82.3 cm³/mol. The summed E-state index contributed by atoms with van der Waals surface area (Å²) in [5.74, 6) is 0.803. The van der Waals surface area contributed by atoms with Crippen molar-refractivity contribution in [3.8, 4) is 0 Å². The molecule has 19 heavy (non-hydrogen) atoms. The Balaban J connectivity index is 2.55. The molecular formula is C16H34N2O. The van der Waals surface area contributed by atoms with E-state index in [1.807, 2.05) is 6.92 Å². The van der Waals surface area contributed by atoms with Crippen molar-refractivity contribution >= 4 is 0 Å². The topological polar surface area (TPSA) is 38.5 Å². The highest BCUT2D eigenvalue weighted by Gasteiger charge is 2.37. The predicted octanol–water partition coefficient (Wildman–Crippen LogP) is 2.89. The number of hydrogen-bond donors (Lipinski definition) is 1. The summed E-state index contributed by atoms with van der Waals surface area (Å²) in [4.78, 5) is 2.41. The molecule has 0 amide bonds. The van der Waals surface area contributed by atoms with E-state index < -0.39 is 0 Å². The van der Waals surface area contributed by atoms with E-state index in [4.69, 9.17) is 10.5 Å². The second kappa shape index (κ2) is 7.61. The average Bonchev–Trinajstić information content (AvgIpc) is 2.39. The first kappa shape index (κ1) is 16.9. The van der Waals surface area contributed by atoms with Crippen molar-refractivity contribution < 1.29 is 4.74 Å². The molecule has 0 radical (unpaired) electrons. The Morgan fingerprint density at radius 3 is 2.53 bits per heavy atom. The van der Waals surface area contributed by atoms with Gasteiger partial charge in [-0.3, -0.25) is 4.90 Å². The molecule has 3 heteroatoms. The molecule has 1 saturated carbocycles. The van der Waals surface area contributed by atoms with Gasteiger partial charge in [0.2, 0.25) is 0 Å². The number of nitrogens with zero attached hydrogens (tertiary/aromatic N) is 1. The van der Waals surface area contributed by atoms with E-state index in [2.05, 4.69) is 32.7 Å². The van der Waals surface area contributed by atoms with Crippen LogP contribution in [0.5, 0.6) is 0 Å². The molecule has 0 bridgehead atoms. The third-order valence-electron chi connectivity index (χ3n) is 5.24. The maximum Gasteiger partial charge on any atom is 0.0593 e. The molecule has 0 heterocycles. The van der Waals surface area contributed by atoms with Crippen molar-refractivity contribution in [1.82, 2.24) is 4.90 Å². The van der Waals surface area contributed by atoms with Gasteiger partial charge in [-0.25, -0.2) is 0 Å². The van der Waals surface area contributed by atoms with Gasteiger partial charge in [0.25, 0.3) is 0 Å². The minimum atomic E-state index is 0.329. The van der Waals surface area contributed by atoms with Gasteiger partial charge in [-0.05, 0) is 44.6 Å². The third-order valence-corrected chi connectivity index (χ3v) is 5.24. The van der Waals surface area contributed by atoms with Gasteiger partial charge in [0.15, 0.2) is 0 Å². The molecular weight excluding hydrogens is 236 g/mol. The van der Waals surface area contributed by atoms with Crippen molar-refractivity contribution in [3.05, 3.63) is 0 Å². The molecule has 0 aromatic rings. The molecule has 0 saturated heterocycles. The van der Waals surface area contributed by atoms with Crippen LogP contribution in [0.2, 0.25) is 0 Å². The zero-order valence-electron chi connectivity index (χ0n) is 13.6. The van der Waals surface area contributed by atoms with Gasteiger partial charge < -0.3 is 10.5 Å². The standard InChI is InChI=1S/C16H34N2O/c1-6-16(3,4)13-8-9-14(17)15(12-13)18(5)10-11-19-7-2/h13-15H,6-12,17H2,1-5H3. The summed E-state index contributed by atoms with van der Waals surface area (Å²) < 4.78 is 5.46. The summed E-state index contributed by atoms with van der Waals surface area (Å²) in [7, 11) is 2.20. The zero-order valence-corrected chi connectivity index (χ0v) is 13.6. The van der Waals surface area contributed by atoms with Crippen LogP contribution in [-0.2, 0) is 4.74 Å². The lowest BCUT2D eigenvalue weighted by atomic mass is 9.67. The van der Waals surface area contributed by atoms with Crippen molar-refractivity contribution in [3.63, 3.8) is 0 Å². The minimum Gasteiger partial charge on any atom is -0.380 e. The molecule has 3 atom stereocenters. The highest BCUT2D eigenvalue weighted by Crippen LogP contribution is 2.41. The van der Waals surface area contributed by atoms with Crippen molar-refractivity contribution in [1.29, 1.82) is 0 Å². The molecule has 1 rings (SSSR count). The SMILES string of the molecule is CCOCCN(C)C1CC(C(C)(C)CC)CCC1N. The van der Waals surface area contributed by atoms with Gasteiger partial charge in [0, 0.05) is 25.2 Å². The first-order valence-corrected chi connectivity index (χ1v) is 7.96. The lowest BCUT2D eigenvalue weighted by molar-refractivity contribution is 0.0518. The van der Waals surface area contributed by atoms with Crippen LogP contribution < -0.4 is 5.73 Å². The Bertz CT molecular complexity index is 255. The van der Waals surface area contributed by atoms with Crippen LogP contribution in [0, 0.1) is 11.3 Å². The maximum absolute atomic E-state index is 6.35. The van der Waals surface area contributed by atoms with E-state index in [0.29, 0.717) is 17.5 Å². The maximum atomic E-state index is 6.35. The lowest BCUT2D eigenvalue weighted by Crippen LogP contribution is -2.52. The fourth-order valence-electron chi connectivity index (χ4n) is 3.19. The molecule has 1 fully saturated rings. The third kappa shape index (κ3) is 4.73. The van der Waals surface area contributed by atoms with E-state index in [-0.39, 0.29) is 0 Å². The molecule has 1 aliphatic carbocycles. The van der Waals surface area contributed by atoms with Crippen LogP contribution in [0.25, 0.3) is 0 Å². The summed E-state index contributed by atoms with van der Waals surface area (Å²) >= 11 is 0. The molecule has 0 aromatic heterocycles. The Kier molecular flexibility index (Phi) is 6.78. The van der Waals surface area contributed by atoms with Crippen LogP contribution in [0.4, 0.5) is 0 Å². The number of rotatable bonds is 7. The Morgan fingerprint density at radius 2 is 1.95 bits per heavy atom. The van der Waals surface area contributed by atoms with Crippen LogP contribution in [0.15, 0.2) is 0 Å². The van der Waals surface area contributed by atoms with Crippen molar-refractivity contribution in [2.24, 2.45) is 17.1 Å². The summed E-state index contributed by atoms with van der Waals surface area (Å²) in [6.07, 6.45) is 4.95. The highest BCUT2D eigenvalue weighted by atomic mass is 16.5. The van der Waals surface area contributed by atoms with Crippen LogP contribution in [-0.4, -0.2) is 43.8 Å². The summed E-state index contributed by atoms with van der Waals surface area (Å²) in [5, 5.41) is 0. The Labute approximate surface area is 119 Å². The first-order chi connectivity index (χ1) is 8.92. The normalized spacial score (nSPS) is 28.9. The quantitative estimate of drug-likeness (QED) is 0.723. The Morgan fingerprint density at radius 1 is 1.26 bits per heavy atom. The zero-order chi connectivity index (χ0) is 14.5. The average molecular weight is 270 g/mol. The molecule has 3 unspecified atom stereocenters. The van der Waals surface area contributed by atoms with Gasteiger partial charge in [-0.15, -0.1) is 0 Å². The van der Waals surface area contributed by atoms with Crippen LogP contribution >= 0.6 is 0 Å². The molecule has 2 N–H and O–H groups in total. The second-order valence-corrected chi connectivity index (χ2v) is 6.76. The summed E-state index contributed by atoms with van der Waals surface area (Å²) in [5.41, 5.74) is 6.79. The Hall–Kier alpha value is -0.120. The van der Waals surface area contributed by atoms with Gasteiger partial charge >= 0.3 is 0 Å². The molecule has 0 aliphatic heterocycles. The monoisotopic (exact) mass is 270 g/mol. The molecule has 0 aromatic carbocycles. The molecule has 3 nitrogen and oxygen atoms in total. The van der Waals surface area contributed by atoms with E-state index in [1.54, 1.807) is 0 Å². The van der Waals surface area contributed by atoms with E-state index in [9.17, 15) is 0 Å². The summed E-state index contributed by atoms with van der Waals surface area (Å²) in [6, 6.07) is 0.848. The van der Waals surface area contributed by atoms with Gasteiger partial charge in [-0.2, -0.15) is 0 Å². The van der Waals surface area contributed by atoms with Crippen molar-refractivity contribution in [2.45, 2.75) is 65.5 Å². The van der Waals surface area contributed by atoms with E-state index >= 15 is 0 Å². The van der Waals surface area contributed by atoms with Crippen molar-refractivity contribution in [2.75, 3.05) is 26.8 Å². The second-order valence-electron chi connectivity index (χ2n) is 6.76. The number of ether oxygens (including phenoxy) is 1. The number of nitrogens with two attached hydrogens (primary N) is 1. The first-order valence-electron chi connectivity index (χ1n) is 7.96. The molecule has 1 aliphatic rings. The van der Waals surface area contributed by atoms with Gasteiger partial charge in [-0.1, -0.05) is 27.2 Å². The van der Waals surface area contributed by atoms with Crippen LogP contribution in [0.1, 0.15) is 53.4 Å². The number of likely N-dealkylation sites (N-methyl/N-ethyl adjacent to an activating group) is 1. The van der Waals surface area contributed by atoms with Crippen LogP contribution in [0.3, 0.4) is 0 Å². The lowest BCUT2D eigenvalue weighted by Gasteiger charge is -2.45. The fourth-order valence-corrected chi connectivity index (χ4v) is 3.19. The fraction of sp³-hybridized carbons (Fsp3) is 1.00. The largest absolute Gasteiger partial charge is 0.380 e. The summed E-state index contributed by atoms with van der Waals surface area (Å²) in [6.45, 7) is 11.8. The van der Waals surface area contributed by atoms with E-state index in [1.165, 1.54) is 19.3 Å². The van der Waals surface area contributed by atoms with Gasteiger partial charge in [0.05, 0.1) is 6.61 Å². The molecule has 0 spiro atoms.